The van der Waals surface area contributed by atoms with Gasteiger partial charge in [0.05, 0.1) is 0 Å². The molecule has 1 heterocycles. The maximum atomic E-state index is 11.8. The first kappa shape index (κ1) is 14.2. The van der Waals surface area contributed by atoms with E-state index in [9.17, 15) is 4.79 Å². The molecule has 0 saturated heterocycles. The summed E-state index contributed by atoms with van der Waals surface area (Å²) >= 11 is 0. The summed E-state index contributed by atoms with van der Waals surface area (Å²) in [6, 6.07) is 9.86. The highest BCUT2D eigenvalue weighted by Crippen LogP contribution is 2.11. The zero-order chi connectivity index (χ0) is 12.3. The van der Waals surface area contributed by atoms with Crippen molar-refractivity contribution in [1.29, 1.82) is 0 Å². The molecule has 0 spiro atoms. The van der Waals surface area contributed by atoms with Crippen LogP contribution >= 0.6 is 0 Å². The number of aromatic nitrogens is 1. The molecule has 18 heavy (non-hydrogen) atoms. The van der Waals surface area contributed by atoms with E-state index in [0.717, 1.165) is 16.5 Å². The zero-order valence-electron chi connectivity index (χ0n) is 10.1. The Labute approximate surface area is 112 Å². The number of fused-ring (bicyclic) bond motifs is 1. The minimum Gasteiger partial charge on any atom is -1.00 e. The summed E-state index contributed by atoms with van der Waals surface area (Å²) in [4.78, 5) is 11.8. The molecular formula is C14H14ClNO2. The number of aryl methyl sites for hydroxylation is 1. The normalized spacial score (nSPS) is 9.61. The van der Waals surface area contributed by atoms with Crippen molar-refractivity contribution in [2.45, 2.75) is 6.92 Å². The molecule has 3 nitrogen and oxygen atoms in total. The summed E-state index contributed by atoms with van der Waals surface area (Å²) in [7, 11) is 0. The Morgan fingerprint density at radius 2 is 2.06 bits per heavy atom. The smallest absolute Gasteiger partial charge is 0.602 e. The lowest BCUT2D eigenvalue weighted by Gasteiger charge is -2.01. The third kappa shape index (κ3) is 2.87. The van der Waals surface area contributed by atoms with Crippen LogP contribution < -0.4 is 17.0 Å². The lowest BCUT2D eigenvalue weighted by Crippen LogP contribution is -3.00. The molecule has 0 unspecified atom stereocenters. The molecule has 0 aliphatic rings. The van der Waals surface area contributed by atoms with Gasteiger partial charge in [-0.05, 0) is 11.5 Å². The summed E-state index contributed by atoms with van der Waals surface area (Å²) in [5, 5.41) is 2.12. The average molecular weight is 264 g/mol. The van der Waals surface area contributed by atoms with Crippen LogP contribution in [0, 0.1) is 6.92 Å². The highest BCUT2D eigenvalue weighted by Gasteiger charge is 2.19. The molecule has 0 aliphatic heterocycles. The van der Waals surface area contributed by atoms with E-state index in [4.69, 9.17) is 4.74 Å². The number of halogens is 1. The molecule has 2 rings (SSSR count). The fourth-order valence-electron chi connectivity index (χ4n) is 1.69. The summed E-state index contributed by atoms with van der Waals surface area (Å²) in [5.41, 5.74) is 0.845. The van der Waals surface area contributed by atoms with Gasteiger partial charge in [0, 0.05) is 18.4 Å². The molecule has 0 radical (unpaired) electrons. The molecule has 0 fully saturated rings. The van der Waals surface area contributed by atoms with Crippen LogP contribution in [0.15, 0.2) is 49.2 Å². The largest absolute Gasteiger partial charge is 1.00 e. The van der Waals surface area contributed by atoms with Gasteiger partial charge in [0.2, 0.25) is 0 Å². The molecule has 2 aromatic rings. The number of hydrogen-bond acceptors (Lipinski definition) is 2. The predicted molar refractivity (Wildman–Crippen MR) is 65.8 cm³/mol. The van der Waals surface area contributed by atoms with Crippen molar-refractivity contribution in [3.8, 4) is 0 Å². The molecular weight excluding hydrogens is 250 g/mol. The first-order valence-electron chi connectivity index (χ1n) is 5.41. The third-order valence-electron chi connectivity index (χ3n) is 2.53. The van der Waals surface area contributed by atoms with Crippen molar-refractivity contribution < 1.29 is 26.5 Å². The first-order chi connectivity index (χ1) is 8.22. The van der Waals surface area contributed by atoms with E-state index in [1.54, 1.807) is 12.3 Å². The Morgan fingerprint density at radius 3 is 2.72 bits per heavy atom. The molecule has 0 atom stereocenters. The van der Waals surface area contributed by atoms with Gasteiger partial charge in [-0.2, -0.15) is 4.79 Å². The van der Waals surface area contributed by atoms with E-state index in [2.05, 4.69) is 6.58 Å². The zero-order valence-corrected chi connectivity index (χ0v) is 10.9. The summed E-state index contributed by atoms with van der Waals surface area (Å²) < 4.78 is 6.52. The third-order valence-corrected chi connectivity index (χ3v) is 2.53. The van der Waals surface area contributed by atoms with E-state index < -0.39 is 0 Å². The molecule has 1 aromatic heterocycles. The Hall–Kier alpha value is -1.87. The maximum absolute atomic E-state index is 11.8. The Kier molecular flexibility index (Phi) is 4.86. The average Bonchev–Trinajstić information content (AvgIpc) is 2.35. The number of benzene rings is 1. The van der Waals surface area contributed by atoms with Crippen molar-refractivity contribution in [3.05, 3.63) is 54.9 Å². The van der Waals surface area contributed by atoms with Crippen molar-refractivity contribution in [2.24, 2.45) is 0 Å². The van der Waals surface area contributed by atoms with Gasteiger partial charge in [-0.1, -0.05) is 35.4 Å². The number of carbonyl (C=O) groups is 1. The van der Waals surface area contributed by atoms with E-state index in [0.29, 0.717) is 0 Å². The van der Waals surface area contributed by atoms with Crippen LogP contribution in [-0.2, 0) is 4.74 Å². The van der Waals surface area contributed by atoms with Gasteiger partial charge >= 0.3 is 6.09 Å². The lowest BCUT2D eigenvalue weighted by atomic mass is 10.1. The monoisotopic (exact) mass is 263 g/mol. The highest BCUT2D eigenvalue weighted by atomic mass is 35.5. The first-order valence-corrected chi connectivity index (χ1v) is 5.41. The second-order valence-electron chi connectivity index (χ2n) is 3.78. The number of carbonyl (C=O) groups excluding carboxylic acids is 1. The van der Waals surface area contributed by atoms with Gasteiger partial charge < -0.3 is 17.1 Å². The van der Waals surface area contributed by atoms with E-state index in [1.165, 1.54) is 4.57 Å². The number of nitrogens with zero attached hydrogens (tertiary/aromatic N) is 1. The van der Waals surface area contributed by atoms with Crippen LogP contribution in [0.1, 0.15) is 5.69 Å². The molecule has 0 bridgehead atoms. The standard InChI is InChI=1S/C14H14NO2.ClH/c1-3-8-17-14(16)15-10-13-7-5-4-6-12(13)9-11(15)2;/h3-7,9-10H,1,8H2,2H3;1H/q+1;/p-1. The van der Waals surface area contributed by atoms with Crippen LogP contribution in [0.25, 0.3) is 10.8 Å². The Bertz CT molecular complexity index is 581. The van der Waals surface area contributed by atoms with Crippen molar-refractivity contribution in [2.75, 3.05) is 6.61 Å². The Balaban J connectivity index is 0.00000162. The molecule has 1 aromatic carbocycles. The van der Waals surface area contributed by atoms with Gasteiger partial charge in [0.1, 0.15) is 6.61 Å². The van der Waals surface area contributed by atoms with Gasteiger partial charge in [-0.15, -0.1) is 0 Å². The fraction of sp³-hybridized carbons (Fsp3) is 0.143. The van der Waals surface area contributed by atoms with E-state index >= 15 is 0 Å². The van der Waals surface area contributed by atoms with Gasteiger partial charge in [-0.25, -0.2) is 0 Å². The second kappa shape index (κ2) is 6.17. The number of ether oxygens (including phenoxy) is 1. The predicted octanol–water partition coefficient (Wildman–Crippen LogP) is -0.390. The minimum atomic E-state index is -0.381. The van der Waals surface area contributed by atoms with Crippen molar-refractivity contribution in [1.82, 2.24) is 0 Å². The van der Waals surface area contributed by atoms with Crippen LogP contribution in [0.4, 0.5) is 4.79 Å². The van der Waals surface area contributed by atoms with Crippen LogP contribution in [0.3, 0.4) is 0 Å². The summed E-state index contributed by atoms with van der Waals surface area (Å²) in [5.74, 6) is 0. The molecule has 0 saturated carbocycles. The molecule has 0 aliphatic carbocycles. The van der Waals surface area contributed by atoms with Crippen LogP contribution in [-0.4, -0.2) is 12.7 Å². The van der Waals surface area contributed by atoms with E-state index in [-0.39, 0.29) is 25.1 Å². The fourth-order valence-corrected chi connectivity index (χ4v) is 1.69. The van der Waals surface area contributed by atoms with Gasteiger partial charge in [-0.3, -0.25) is 0 Å². The molecule has 94 valence electrons. The van der Waals surface area contributed by atoms with Crippen molar-refractivity contribution >= 4 is 16.9 Å². The van der Waals surface area contributed by atoms with Crippen LogP contribution in [0.5, 0.6) is 0 Å². The highest BCUT2D eigenvalue weighted by molar-refractivity contribution is 5.81. The molecule has 4 heteroatoms. The van der Waals surface area contributed by atoms with Crippen LogP contribution in [0.2, 0.25) is 0 Å². The van der Waals surface area contributed by atoms with Gasteiger partial charge in [0.15, 0.2) is 11.9 Å². The van der Waals surface area contributed by atoms with Crippen molar-refractivity contribution in [3.63, 3.8) is 0 Å². The van der Waals surface area contributed by atoms with E-state index in [1.807, 2.05) is 37.3 Å². The summed E-state index contributed by atoms with van der Waals surface area (Å²) in [6.07, 6.45) is 2.96. The maximum Gasteiger partial charge on any atom is 0.602 e. The number of pyridine rings is 1. The lowest BCUT2D eigenvalue weighted by molar-refractivity contribution is -0.591. The molecule has 0 N–H and O–H groups in total. The minimum absolute atomic E-state index is 0. The molecule has 0 amide bonds. The number of rotatable bonds is 2. The SMILES string of the molecule is C=CCOC(=O)[n+]1cc2ccccc2cc1C.[Cl-]. The number of hydrogen-bond donors (Lipinski definition) is 0. The Morgan fingerprint density at radius 1 is 1.39 bits per heavy atom. The topological polar surface area (TPSA) is 30.2 Å². The quantitative estimate of drug-likeness (QED) is 0.546. The summed E-state index contributed by atoms with van der Waals surface area (Å²) in [6.45, 7) is 5.61. The second-order valence-corrected chi connectivity index (χ2v) is 3.78. The van der Waals surface area contributed by atoms with Gasteiger partial charge in [0.25, 0.3) is 0 Å².